The van der Waals surface area contributed by atoms with Gasteiger partial charge in [0, 0.05) is 38.8 Å². The van der Waals surface area contributed by atoms with E-state index in [1.807, 2.05) is 11.8 Å². The van der Waals surface area contributed by atoms with Crippen LogP contribution in [0.15, 0.2) is 4.99 Å². The lowest BCUT2D eigenvalue weighted by molar-refractivity contribution is 0.275. The van der Waals surface area contributed by atoms with E-state index in [1.54, 1.807) is 0 Å². The molecule has 0 aromatic heterocycles. The van der Waals surface area contributed by atoms with Crippen LogP contribution < -0.4 is 10.6 Å². The Balaban J connectivity index is 1.68. The fraction of sp³-hybridized carbons (Fsp3) is 0.944. The molecule has 1 aliphatic carbocycles. The Morgan fingerprint density at radius 1 is 1.22 bits per heavy atom. The Morgan fingerprint density at radius 2 is 2.04 bits per heavy atom. The van der Waals surface area contributed by atoms with Crippen molar-refractivity contribution in [3.63, 3.8) is 0 Å². The number of guanidine groups is 1. The summed E-state index contributed by atoms with van der Waals surface area (Å²) < 4.78 is 0. The summed E-state index contributed by atoms with van der Waals surface area (Å²) in [5.41, 5.74) is 0. The quantitative estimate of drug-likeness (QED) is 0.385. The summed E-state index contributed by atoms with van der Waals surface area (Å²) >= 11 is 1.92. The molecule has 4 nitrogen and oxygen atoms in total. The highest BCUT2D eigenvalue weighted by molar-refractivity contribution is 7.98. The molecule has 23 heavy (non-hydrogen) atoms. The highest BCUT2D eigenvalue weighted by Gasteiger charge is 2.26. The predicted octanol–water partition coefficient (Wildman–Crippen LogP) is 2.95. The van der Waals surface area contributed by atoms with Gasteiger partial charge in [-0.3, -0.25) is 4.99 Å². The molecule has 2 fully saturated rings. The Kier molecular flexibility index (Phi) is 9.20. The summed E-state index contributed by atoms with van der Waals surface area (Å²) in [6.07, 6.45) is 11.7. The van der Waals surface area contributed by atoms with Crippen molar-refractivity contribution in [2.24, 2.45) is 10.9 Å². The maximum atomic E-state index is 4.74. The number of thioether (sulfide) groups is 1. The number of hydrogen-bond acceptors (Lipinski definition) is 3. The van der Waals surface area contributed by atoms with Crippen LogP contribution in [0.4, 0.5) is 0 Å². The number of nitrogens with zero attached hydrogens (tertiary/aromatic N) is 2. The maximum Gasteiger partial charge on any atom is 0.191 e. The molecule has 1 atom stereocenters. The highest BCUT2D eigenvalue weighted by Crippen LogP contribution is 2.26. The lowest BCUT2D eigenvalue weighted by Crippen LogP contribution is -2.44. The van der Waals surface area contributed by atoms with Gasteiger partial charge in [0.15, 0.2) is 5.96 Å². The van der Waals surface area contributed by atoms with Crippen LogP contribution in [0.5, 0.6) is 0 Å². The monoisotopic (exact) mass is 340 g/mol. The fourth-order valence-corrected chi connectivity index (χ4v) is 4.23. The van der Waals surface area contributed by atoms with E-state index in [2.05, 4.69) is 28.7 Å². The van der Waals surface area contributed by atoms with E-state index in [-0.39, 0.29) is 0 Å². The van der Waals surface area contributed by atoms with Crippen LogP contribution in [-0.4, -0.2) is 61.6 Å². The first-order valence-corrected chi connectivity index (χ1v) is 11.0. The summed E-state index contributed by atoms with van der Waals surface area (Å²) in [4.78, 5) is 7.41. The number of hydrogen-bond donors (Lipinski definition) is 2. The van der Waals surface area contributed by atoms with Gasteiger partial charge in [-0.15, -0.1) is 0 Å². The van der Waals surface area contributed by atoms with Crippen molar-refractivity contribution in [3.05, 3.63) is 0 Å². The topological polar surface area (TPSA) is 39.7 Å². The van der Waals surface area contributed by atoms with Crippen LogP contribution in [0.1, 0.15) is 51.9 Å². The second kappa shape index (κ2) is 11.2. The van der Waals surface area contributed by atoms with Gasteiger partial charge in [0.1, 0.15) is 0 Å². The predicted molar refractivity (Wildman–Crippen MR) is 104 cm³/mol. The van der Waals surface area contributed by atoms with Gasteiger partial charge in [-0.05, 0) is 57.0 Å². The average molecular weight is 341 g/mol. The minimum Gasteiger partial charge on any atom is -0.357 e. The molecule has 134 valence electrons. The Morgan fingerprint density at radius 3 is 2.78 bits per heavy atom. The van der Waals surface area contributed by atoms with Crippen LogP contribution in [0.2, 0.25) is 0 Å². The van der Waals surface area contributed by atoms with E-state index in [9.17, 15) is 0 Å². The molecule has 0 bridgehead atoms. The first kappa shape index (κ1) is 18.9. The van der Waals surface area contributed by atoms with Gasteiger partial charge in [-0.25, -0.2) is 0 Å². The number of aliphatic imine (C=N–C) groups is 1. The van der Waals surface area contributed by atoms with Crippen molar-refractivity contribution in [2.75, 3.05) is 44.7 Å². The smallest absolute Gasteiger partial charge is 0.191 e. The lowest BCUT2D eigenvalue weighted by atomic mass is 10.1. The van der Waals surface area contributed by atoms with Gasteiger partial charge >= 0.3 is 0 Å². The maximum absolute atomic E-state index is 4.74. The molecular weight excluding hydrogens is 304 g/mol. The van der Waals surface area contributed by atoms with Crippen molar-refractivity contribution in [1.82, 2.24) is 15.5 Å². The molecule has 0 aromatic carbocycles. The number of unbranched alkanes of at least 4 members (excludes halogenated alkanes) is 1. The van der Waals surface area contributed by atoms with E-state index in [4.69, 9.17) is 4.99 Å². The third kappa shape index (κ3) is 7.34. The third-order valence-electron chi connectivity index (χ3n) is 4.98. The molecule has 0 aromatic rings. The van der Waals surface area contributed by atoms with Gasteiger partial charge in [-0.2, -0.15) is 11.8 Å². The molecule has 2 aliphatic rings. The molecule has 5 heteroatoms. The van der Waals surface area contributed by atoms with Crippen LogP contribution in [0.3, 0.4) is 0 Å². The standard InChI is InChI=1S/C18H36N4S/c1-3-19-18(20-11-6-7-13-23-2)21-17-10-12-22(15-17)14-16-8-4-5-9-16/h16-17H,3-15H2,1-2H3,(H2,19,20,21). The zero-order chi connectivity index (χ0) is 16.3. The summed E-state index contributed by atoms with van der Waals surface area (Å²) in [7, 11) is 0. The van der Waals surface area contributed by atoms with Crippen molar-refractivity contribution < 1.29 is 0 Å². The summed E-state index contributed by atoms with van der Waals surface area (Å²) in [5.74, 6) is 3.23. The van der Waals surface area contributed by atoms with E-state index in [0.717, 1.165) is 25.0 Å². The van der Waals surface area contributed by atoms with Gasteiger partial charge < -0.3 is 15.5 Å². The van der Waals surface area contributed by atoms with E-state index in [0.29, 0.717) is 6.04 Å². The average Bonchev–Trinajstić information content (AvgIpc) is 3.20. The molecule has 0 amide bonds. The normalized spacial score (nSPS) is 23.6. The van der Waals surface area contributed by atoms with Crippen molar-refractivity contribution in [1.29, 1.82) is 0 Å². The largest absolute Gasteiger partial charge is 0.357 e. The van der Waals surface area contributed by atoms with Crippen molar-refractivity contribution in [2.45, 2.75) is 57.9 Å². The summed E-state index contributed by atoms with van der Waals surface area (Å²) in [6, 6.07) is 0.570. The molecule has 1 saturated carbocycles. The van der Waals surface area contributed by atoms with Crippen molar-refractivity contribution >= 4 is 17.7 Å². The van der Waals surface area contributed by atoms with Crippen LogP contribution in [0.25, 0.3) is 0 Å². The number of nitrogens with one attached hydrogen (secondary N) is 2. The zero-order valence-electron chi connectivity index (χ0n) is 15.1. The fourth-order valence-electron chi connectivity index (χ4n) is 3.74. The van der Waals surface area contributed by atoms with Gasteiger partial charge in [0.2, 0.25) is 0 Å². The van der Waals surface area contributed by atoms with E-state index < -0.39 is 0 Å². The van der Waals surface area contributed by atoms with Crippen LogP contribution in [-0.2, 0) is 0 Å². The Labute approximate surface area is 147 Å². The molecule has 0 radical (unpaired) electrons. The second-order valence-corrected chi connectivity index (χ2v) is 7.99. The third-order valence-corrected chi connectivity index (χ3v) is 5.67. The molecule has 0 spiro atoms. The van der Waals surface area contributed by atoms with Gasteiger partial charge in [0.25, 0.3) is 0 Å². The van der Waals surface area contributed by atoms with E-state index >= 15 is 0 Å². The first-order chi connectivity index (χ1) is 11.3. The van der Waals surface area contributed by atoms with Crippen molar-refractivity contribution in [3.8, 4) is 0 Å². The van der Waals surface area contributed by atoms with Gasteiger partial charge in [0.05, 0.1) is 0 Å². The molecule has 2 rings (SSSR count). The second-order valence-electron chi connectivity index (χ2n) is 7.00. The number of rotatable bonds is 9. The van der Waals surface area contributed by atoms with Crippen LogP contribution in [0, 0.1) is 5.92 Å². The minimum absolute atomic E-state index is 0.570. The van der Waals surface area contributed by atoms with Crippen LogP contribution >= 0.6 is 11.8 Å². The SMILES string of the molecule is CCNC(=NCCCCSC)NC1CCN(CC2CCCC2)C1. The lowest BCUT2D eigenvalue weighted by Gasteiger charge is -2.21. The molecule has 1 aliphatic heterocycles. The summed E-state index contributed by atoms with van der Waals surface area (Å²) in [6.45, 7) is 7.78. The molecule has 1 saturated heterocycles. The molecule has 2 N–H and O–H groups in total. The molecular formula is C18H36N4S. The molecule has 1 heterocycles. The summed E-state index contributed by atoms with van der Waals surface area (Å²) in [5, 5.41) is 7.06. The Bertz CT molecular complexity index is 342. The highest BCUT2D eigenvalue weighted by atomic mass is 32.2. The minimum atomic E-state index is 0.570. The first-order valence-electron chi connectivity index (χ1n) is 9.58. The zero-order valence-corrected chi connectivity index (χ0v) is 16.0. The molecule has 1 unspecified atom stereocenters. The number of likely N-dealkylation sites (tertiary alicyclic amines) is 1. The van der Waals surface area contributed by atoms with Gasteiger partial charge in [-0.1, -0.05) is 12.8 Å². The Hall–Kier alpha value is -0.420. The van der Waals surface area contributed by atoms with E-state index in [1.165, 1.54) is 70.3 Å².